The maximum Gasteiger partial charge on any atom is 0.231 e. The molecule has 0 aromatic carbocycles. The van der Waals surface area contributed by atoms with E-state index in [1.54, 1.807) is 17.3 Å². The van der Waals surface area contributed by atoms with Gasteiger partial charge in [-0.15, -0.1) is 0 Å². The quantitative estimate of drug-likeness (QED) is 0.803. The Balaban J connectivity index is 2.10. The van der Waals surface area contributed by atoms with Gasteiger partial charge in [0.1, 0.15) is 0 Å². The van der Waals surface area contributed by atoms with Gasteiger partial charge in [0.05, 0.1) is 17.8 Å². The van der Waals surface area contributed by atoms with Gasteiger partial charge in [-0.3, -0.25) is 9.78 Å². The van der Waals surface area contributed by atoms with E-state index in [4.69, 9.17) is 0 Å². The van der Waals surface area contributed by atoms with E-state index in [9.17, 15) is 4.79 Å². The number of carbonyl (C=O) groups is 1. The average molecular weight is 219 g/mol. The molecule has 2 rings (SSSR count). The van der Waals surface area contributed by atoms with Crippen molar-refractivity contribution in [2.24, 2.45) is 11.8 Å². The highest BCUT2D eigenvalue weighted by molar-refractivity contribution is 5.94. The molecule has 0 spiro atoms. The van der Waals surface area contributed by atoms with Gasteiger partial charge in [0, 0.05) is 19.8 Å². The molecule has 1 fully saturated rings. The minimum Gasteiger partial charge on any atom is -0.316 e. The molecule has 1 aromatic heterocycles. The number of amides is 1. The second-order valence-electron chi connectivity index (χ2n) is 4.35. The van der Waals surface area contributed by atoms with Crippen LogP contribution in [0.5, 0.6) is 0 Å². The van der Waals surface area contributed by atoms with Crippen LogP contribution >= 0.6 is 0 Å². The van der Waals surface area contributed by atoms with Crippen molar-refractivity contribution >= 4 is 11.6 Å². The molecule has 2 atom stereocenters. The van der Waals surface area contributed by atoms with Gasteiger partial charge in [0.25, 0.3) is 0 Å². The van der Waals surface area contributed by atoms with Gasteiger partial charge >= 0.3 is 0 Å². The monoisotopic (exact) mass is 219 g/mol. The highest BCUT2D eigenvalue weighted by Crippen LogP contribution is 2.21. The number of nitrogens with one attached hydrogen (secondary N) is 1. The van der Waals surface area contributed by atoms with E-state index < -0.39 is 0 Å². The summed E-state index contributed by atoms with van der Waals surface area (Å²) < 4.78 is 0. The summed E-state index contributed by atoms with van der Waals surface area (Å²) in [6.07, 6.45) is 3.42. The fourth-order valence-corrected chi connectivity index (χ4v) is 2.07. The summed E-state index contributed by atoms with van der Waals surface area (Å²) >= 11 is 0. The SMILES string of the molecule is CC1CNCC1C(=O)N(C)c1cccnc1. The third-order valence-electron chi connectivity index (χ3n) is 3.20. The zero-order valence-corrected chi connectivity index (χ0v) is 9.68. The first kappa shape index (κ1) is 11.1. The van der Waals surface area contributed by atoms with Gasteiger partial charge in [-0.05, 0) is 24.6 Å². The van der Waals surface area contributed by atoms with Crippen LogP contribution in [0.1, 0.15) is 6.92 Å². The maximum absolute atomic E-state index is 12.2. The molecule has 4 heteroatoms. The smallest absolute Gasteiger partial charge is 0.231 e. The first-order valence-electron chi connectivity index (χ1n) is 5.58. The topological polar surface area (TPSA) is 45.2 Å². The fraction of sp³-hybridized carbons (Fsp3) is 0.500. The Morgan fingerprint density at radius 2 is 2.38 bits per heavy atom. The second-order valence-corrected chi connectivity index (χ2v) is 4.35. The lowest BCUT2D eigenvalue weighted by molar-refractivity contribution is -0.122. The molecule has 2 unspecified atom stereocenters. The molecular formula is C12H17N3O. The molecule has 86 valence electrons. The minimum absolute atomic E-state index is 0.0882. The van der Waals surface area contributed by atoms with Crippen LogP contribution in [0, 0.1) is 11.8 Å². The third kappa shape index (κ3) is 2.07. The van der Waals surface area contributed by atoms with E-state index in [0.29, 0.717) is 5.92 Å². The number of carbonyl (C=O) groups excluding carboxylic acids is 1. The van der Waals surface area contributed by atoms with Crippen molar-refractivity contribution in [1.82, 2.24) is 10.3 Å². The lowest BCUT2D eigenvalue weighted by Crippen LogP contribution is -2.36. The molecule has 2 heterocycles. The lowest BCUT2D eigenvalue weighted by atomic mass is 9.96. The molecule has 1 aromatic rings. The van der Waals surface area contributed by atoms with Gasteiger partial charge < -0.3 is 10.2 Å². The van der Waals surface area contributed by atoms with E-state index in [1.807, 2.05) is 19.2 Å². The summed E-state index contributed by atoms with van der Waals surface area (Å²) in [4.78, 5) is 17.9. The highest BCUT2D eigenvalue weighted by Gasteiger charge is 2.31. The van der Waals surface area contributed by atoms with Crippen LogP contribution in [-0.4, -0.2) is 31.0 Å². The molecule has 16 heavy (non-hydrogen) atoms. The zero-order valence-electron chi connectivity index (χ0n) is 9.68. The molecular weight excluding hydrogens is 202 g/mol. The number of hydrogen-bond acceptors (Lipinski definition) is 3. The summed E-state index contributed by atoms with van der Waals surface area (Å²) in [6.45, 7) is 3.82. The standard InChI is InChI=1S/C12H17N3O/c1-9-6-14-8-11(9)12(16)15(2)10-4-3-5-13-7-10/h3-5,7,9,11,14H,6,8H2,1-2H3. The summed E-state index contributed by atoms with van der Waals surface area (Å²) in [5, 5.41) is 3.25. The molecule has 1 N–H and O–H groups in total. The lowest BCUT2D eigenvalue weighted by Gasteiger charge is -2.22. The third-order valence-corrected chi connectivity index (χ3v) is 3.20. The number of hydrogen-bond donors (Lipinski definition) is 1. The van der Waals surface area contributed by atoms with Gasteiger partial charge in [0.15, 0.2) is 0 Å². The molecule has 1 saturated heterocycles. The van der Waals surface area contributed by atoms with E-state index in [-0.39, 0.29) is 11.8 Å². The molecule has 0 bridgehead atoms. The maximum atomic E-state index is 12.2. The Kier molecular flexibility index (Phi) is 3.19. The number of pyridine rings is 1. The molecule has 1 aliphatic rings. The molecule has 0 aliphatic carbocycles. The van der Waals surface area contributed by atoms with E-state index >= 15 is 0 Å². The Labute approximate surface area is 95.7 Å². The van der Waals surface area contributed by atoms with E-state index in [1.165, 1.54) is 0 Å². The number of nitrogens with zero attached hydrogens (tertiary/aromatic N) is 2. The number of rotatable bonds is 2. The zero-order chi connectivity index (χ0) is 11.5. The summed E-state index contributed by atoms with van der Waals surface area (Å²) in [5.74, 6) is 0.669. The van der Waals surface area contributed by atoms with E-state index in [0.717, 1.165) is 18.8 Å². The summed E-state index contributed by atoms with van der Waals surface area (Å²) in [5.41, 5.74) is 0.853. The van der Waals surface area contributed by atoms with Crippen LogP contribution in [0.3, 0.4) is 0 Å². The van der Waals surface area contributed by atoms with Crippen LogP contribution in [0.4, 0.5) is 5.69 Å². The molecule has 4 nitrogen and oxygen atoms in total. The Bertz CT molecular complexity index is 366. The highest BCUT2D eigenvalue weighted by atomic mass is 16.2. The van der Waals surface area contributed by atoms with Crippen molar-refractivity contribution in [3.8, 4) is 0 Å². The Hall–Kier alpha value is -1.42. The van der Waals surface area contributed by atoms with Crippen molar-refractivity contribution in [3.05, 3.63) is 24.5 Å². The number of aromatic nitrogens is 1. The number of anilines is 1. The first-order chi connectivity index (χ1) is 7.70. The predicted octanol–water partition coefficient (Wildman–Crippen LogP) is 0.900. The van der Waals surface area contributed by atoms with Crippen molar-refractivity contribution in [2.75, 3.05) is 25.0 Å². The van der Waals surface area contributed by atoms with Gasteiger partial charge in [-0.2, -0.15) is 0 Å². The Morgan fingerprint density at radius 3 is 2.94 bits per heavy atom. The first-order valence-corrected chi connectivity index (χ1v) is 5.58. The predicted molar refractivity (Wildman–Crippen MR) is 63.2 cm³/mol. The van der Waals surface area contributed by atoms with Crippen molar-refractivity contribution in [3.63, 3.8) is 0 Å². The molecule has 1 amide bonds. The van der Waals surface area contributed by atoms with Crippen LogP contribution in [0.15, 0.2) is 24.5 Å². The minimum atomic E-state index is 0.0882. The largest absolute Gasteiger partial charge is 0.316 e. The van der Waals surface area contributed by atoms with Gasteiger partial charge in [-0.1, -0.05) is 6.92 Å². The van der Waals surface area contributed by atoms with Gasteiger partial charge in [-0.25, -0.2) is 0 Å². The normalized spacial score (nSPS) is 24.4. The van der Waals surface area contributed by atoms with Crippen LogP contribution < -0.4 is 10.2 Å². The molecule has 1 aliphatic heterocycles. The van der Waals surface area contributed by atoms with Crippen LogP contribution in [0.2, 0.25) is 0 Å². The Morgan fingerprint density at radius 1 is 1.56 bits per heavy atom. The second kappa shape index (κ2) is 4.61. The van der Waals surface area contributed by atoms with Crippen molar-refractivity contribution in [2.45, 2.75) is 6.92 Å². The van der Waals surface area contributed by atoms with Crippen molar-refractivity contribution in [1.29, 1.82) is 0 Å². The van der Waals surface area contributed by atoms with Gasteiger partial charge in [0.2, 0.25) is 5.91 Å². The summed E-state index contributed by atoms with van der Waals surface area (Å²) in [7, 11) is 1.81. The van der Waals surface area contributed by atoms with Crippen LogP contribution in [0.25, 0.3) is 0 Å². The fourth-order valence-electron chi connectivity index (χ4n) is 2.07. The molecule has 0 radical (unpaired) electrons. The summed E-state index contributed by atoms with van der Waals surface area (Å²) in [6, 6.07) is 3.74. The average Bonchev–Trinajstić information content (AvgIpc) is 2.75. The van der Waals surface area contributed by atoms with Crippen LogP contribution in [-0.2, 0) is 4.79 Å². The van der Waals surface area contributed by atoms with Crippen molar-refractivity contribution < 1.29 is 4.79 Å². The van der Waals surface area contributed by atoms with E-state index in [2.05, 4.69) is 17.2 Å². The molecule has 0 saturated carbocycles.